The molecular formula is C39H55N7O6. The fourth-order valence-corrected chi connectivity index (χ4v) is 8.46. The molecule has 5 amide bonds. The zero-order valence-corrected chi connectivity index (χ0v) is 31.2. The van der Waals surface area contributed by atoms with E-state index in [2.05, 4.69) is 51.0 Å². The number of hydrogen-bond donors (Lipinski definition) is 4. The van der Waals surface area contributed by atoms with Crippen LogP contribution in [-0.4, -0.2) is 86.9 Å². The van der Waals surface area contributed by atoms with E-state index >= 15 is 0 Å². The monoisotopic (exact) mass is 717 g/mol. The van der Waals surface area contributed by atoms with Crippen LogP contribution in [0, 0.1) is 40.9 Å². The van der Waals surface area contributed by atoms with Crippen molar-refractivity contribution in [3.05, 3.63) is 24.3 Å². The number of rotatable bonds is 13. The molecule has 13 nitrogen and oxygen atoms in total. The van der Waals surface area contributed by atoms with Crippen molar-refractivity contribution >= 4 is 35.3 Å². The highest BCUT2D eigenvalue weighted by atomic mass is 16.2. The molecule has 2 heterocycles. The summed E-state index contributed by atoms with van der Waals surface area (Å²) in [4.78, 5) is 92.5. The maximum Gasteiger partial charge on any atom is 0.289 e. The zero-order chi connectivity index (χ0) is 37.8. The van der Waals surface area contributed by atoms with Gasteiger partial charge in [0.05, 0.1) is 12.2 Å². The number of hydrogen-bond acceptors (Lipinski definition) is 8. The molecular weight excluding hydrogens is 662 g/mol. The van der Waals surface area contributed by atoms with Crippen molar-refractivity contribution in [3.63, 3.8) is 0 Å². The van der Waals surface area contributed by atoms with Crippen molar-refractivity contribution in [2.75, 3.05) is 6.54 Å². The summed E-state index contributed by atoms with van der Waals surface area (Å²) in [5, 5.41) is 11.4. The fraction of sp³-hybridized carbons (Fsp3) is 0.692. The second-order valence-corrected chi connectivity index (χ2v) is 16.9. The molecule has 4 N–H and O–H groups in total. The molecule has 0 radical (unpaired) electrons. The first kappa shape index (κ1) is 38.9. The molecule has 0 aromatic carbocycles. The lowest BCUT2D eigenvalue weighted by atomic mass is 9.75. The Morgan fingerprint density at radius 2 is 1.69 bits per heavy atom. The van der Waals surface area contributed by atoms with E-state index in [-0.39, 0.29) is 47.7 Å². The van der Waals surface area contributed by atoms with Crippen molar-refractivity contribution in [2.45, 2.75) is 135 Å². The maximum atomic E-state index is 14.8. The summed E-state index contributed by atoms with van der Waals surface area (Å²) in [6.07, 6.45) is 17.7. The lowest BCUT2D eigenvalue weighted by Crippen LogP contribution is -2.62. The van der Waals surface area contributed by atoms with E-state index in [4.69, 9.17) is 6.42 Å². The summed E-state index contributed by atoms with van der Waals surface area (Å²) in [6.45, 7) is 10.1. The van der Waals surface area contributed by atoms with E-state index in [1.54, 1.807) is 4.90 Å². The van der Waals surface area contributed by atoms with Crippen LogP contribution in [0.25, 0.3) is 0 Å². The predicted octanol–water partition coefficient (Wildman–Crippen LogP) is 2.70. The molecule has 1 saturated heterocycles. The average molecular weight is 718 g/mol. The number of terminal acetylenes is 1. The second kappa shape index (κ2) is 16.1. The first-order valence-corrected chi connectivity index (χ1v) is 18.9. The van der Waals surface area contributed by atoms with Crippen molar-refractivity contribution in [1.82, 2.24) is 36.1 Å². The topological polar surface area (TPSA) is 180 Å². The molecule has 1 aromatic heterocycles. The average Bonchev–Trinajstić information content (AvgIpc) is 3.76. The van der Waals surface area contributed by atoms with Crippen LogP contribution in [0.1, 0.15) is 116 Å². The van der Waals surface area contributed by atoms with E-state index in [9.17, 15) is 28.8 Å². The molecule has 52 heavy (non-hydrogen) atoms. The molecule has 3 saturated carbocycles. The number of aromatic nitrogens is 2. The van der Waals surface area contributed by atoms with Crippen LogP contribution in [-0.2, 0) is 24.0 Å². The predicted molar refractivity (Wildman–Crippen MR) is 193 cm³/mol. The number of likely N-dealkylation sites (tertiary alicyclic amines) is 1. The Kier molecular flexibility index (Phi) is 12.1. The van der Waals surface area contributed by atoms with Gasteiger partial charge in [-0.1, -0.05) is 53.9 Å². The molecule has 6 atom stereocenters. The van der Waals surface area contributed by atoms with Crippen LogP contribution >= 0.6 is 0 Å². The summed E-state index contributed by atoms with van der Waals surface area (Å²) in [5.41, 5.74) is -0.983. The number of nitrogens with one attached hydrogen (secondary N) is 4. The van der Waals surface area contributed by atoms with Gasteiger partial charge in [-0.05, 0) is 73.5 Å². The Morgan fingerprint density at radius 1 is 0.981 bits per heavy atom. The van der Waals surface area contributed by atoms with Crippen molar-refractivity contribution < 1.29 is 28.8 Å². The Balaban J connectivity index is 1.41. The molecule has 282 valence electrons. The molecule has 1 aliphatic heterocycles. The van der Waals surface area contributed by atoms with Gasteiger partial charge in [-0.2, -0.15) is 0 Å². The number of ketones is 1. The van der Waals surface area contributed by atoms with Gasteiger partial charge in [-0.3, -0.25) is 33.8 Å². The maximum absolute atomic E-state index is 14.8. The quantitative estimate of drug-likeness (QED) is 0.178. The van der Waals surface area contributed by atoms with Gasteiger partial charge in [0, 0.05) is 31.4 Å². The Labute approximate surface area is 307 Å². The normalized spacial score (nSPS) is 24.4. The summed E-state index contributed by atoms with van der Waals surface area (Å²) in [5.74, 6) is -1.25. The van der Waals surface area contributed by atoms with Crippen LogP contribution < -0.4 is 21.3 Å². The van der Waals surface area contributed by atoms with Crippen LogP contribution in [0.5, 0.6) is 0 Å². The first-order chi connectivity index (χ1) is 24.6. The van der Waals surface area contributed by atoms with E-state index in [1.165, 1.54) is 18.6 Å². The highest BCUT2D eigenvalue weighted by Crippen LogP contribution is 2.53. The smallest absolute Gasteiger partial charge is 0.289 e. The van der Waals surface area contributed by atoms with Crippen LogP contribution in [0.3, 0.4) is 0 Å². The van der Waals surface area contributed by atoms with Gasteiger partial charge in [0.15, 0.2) is 0 Å². The van der Waals surface area contributed by atoms with E-state index in [1.807, 2.05) is 20.8 Å². The molecule has 4 fully saturated rings. The van der Waals surface area contributed by atoms with Gasteiger partial charge in [0.2, 0.25) is 23.5 Å². The number of amides is 5. The molecule has 1 aromatic rings. The Bertz CT molecular complexity index is 1560. The van der Waals surface area contributed by atoms with Crippen molar-refractivity contribution in [2.24, 2.45) is 28.6 Å². The van der Waals surface area contributed by atoms with Crippen LogP contribution in [0.2, 0.25) is 0 Å². The zero-order valence-electron chi connectivity index (χ0n) is 31.2. The molecule has 4 aliphatic rings. The van der Waals surface area contributed by atoms with Gasteiger partial charge in [-0.15, -0.1) is 12.3 Å². The van der Waals surface area contributed by atoms with E-state index < -0.39 is 64.9 Å². The largest absolute Gasteiger partial charge is 0.347 e. The summed E-state index contributed by atoms with van der Waals surface area (Å²) in [7, 11) is 0. The van der Waals surface area contributed by atoms with Crippen LogP contribution in [0.4, 0.5) is 0 Å². The summed E-state index contributed by atoms with van der Waals surface area (Å²) >= 11 is 0. The third kappa shape index (κ3) is 8.99. The number of carbonyl (C=O) groups excluding carboxylic acids is 6. The number of fused-ring (bicyclic) bond motifs is 1. The van der Waals surface area contributed by atoms with Crippen molar-refractivity contribution in [1.29, 1.82) is 0 Å². The van der Waals surface area contributed by atoms with Crippen LogP contribution in [0.15, 0.2) is 18.6 Å². The third-order valence-electron chi connectivity index (χ3n) is 11.5. The second-order valence-electron chi connectivity index (χ2n) is 16.9. The lowest BCUT2D eigenvalue weighted by molar-refractivity contribution is -0.147. The van der Waals surface area contributed by atoms with Gasteiger partial charge >= 0.3 is 0 Å². The van der Waals surface area contributed by atoms with Gasteiger partial charge < -0.3 is 26.2 Å². The molecule has 0 spiro atoms. The summed E-state index contributed by atoms with van der Waals surface area (Å²) in [6, 6.07) is -4.07. The molecule has 13 heteroatoms. The lowest BCUT2D eigenvalue weighted by Gasteiger charge is -2.39. The van der Waals surface area contributed by atoms with E-state index in [0.29, 0.717) is 6.54 Å². The third-order valence-corrected chi connectivity index (χ3v) is 11.5. The Hall–Kier alpha value is -4.34. The van der Waals surface area contributed by atoms with E-state index in [0.717, 1.165) is 57.8 Å². The molecule has 0 bridgehead atoms. The minimum absolute atomic E-state index is 0.0327. The highest BCUT2D eigenvalue weighted by molar-refractivity contribution is 6.38. The van der Waals surface area contributed by atoms with Gasteiger partial charge in [-0.25, -0.2) is 4.98 Å². The number of nitrogens with zero attached hydrogens (tertiary/aromatic N) is 3. The minimum atomic E-state index is -1.14. The fourth-order valence-electron chi connectivity index (χ4n) is 8.46. The summed E-state index contributed by atoms with van der Waals surface area (Å²) < 4.78 is 0. The SMILES string of the molecule is C#CCCC(NC(=O)[C@@H]1[C@@H]2C(CCC2(C)C)CN1C(=O)[C@@H](NC(=O)[C@@H](NC(=O)c1cnccn1)C1CCCCC1)C(C)(C)C)C(=O)C(=O)NC1CC1. The van der Waals surface area contributed by atoms with Gasteiger partial charge in [0.25, 0.3) is 11.8 Å². The molecule has 3 aliphatic carbocycles. The Morgan fingerprint density at radius 3 is 2.31 bits per heavy atom. The molecule has 5 rings (SSSR count). The minimum Gasteiger partial charge on any atom is -0.347 e. The molecule has 2 unspecified atom stereocenters. The van der Waals surface area contributed by atoms with Crippen molar-refractivity contribution in [3.8, 4) is 12.3 Å². The standard InChI is InChI=1S/C39H55N7O6/c1-7-8-14-26(31(47)36(51)42-25-15-16-25)43-35(50)30-28-24(17-18-39(28,5)6)22-46(30)37(52)32(38(2,3)4)45-34(49)29(23-12-10-9-11-13-23)44-33(48)27-21-40-19-20-41-27/h1,19-21,23-26,28-30,32H,8-18,22H2,2-6H3,(H,42,51)(H,43,50)(H,44,48)(H,45,49)/t24?,26?,28-,29-,30-,32+/m0/s1. The first-order valence-electron chi connectivity index (χ1n) is 18.9. The number of carbonyl (C=O) groups is 6. The number of Topliss-reactive ketones (excluding diaryl/α,β-unsaturated/α-hetero) is 1. The van der Waals surface area contributed by atoms with Gasteiger partial charge in [0.1, 0.15) is 23.8 Å². The highest BCUT2D eigenvalue weighted by Gasteiger charge is 2.58.